The lowest BCUT2D eigenvalue weighted by Gasteiger charge is -2.04. The van der Waals surface area contributed by atoms with Gasteiger partial charge in [-0.1, -0.05) is 31.2 Å². The number of hydrogen-bond donors (Lipinski definition) is 2. The molecule has 0 radical (unpaired) electrons. The second kappa shape index (κ2) is 4.22. The van der Waals surface area contributed by atoms with Crippen molar-refractivity contribution in [2.45, 2.75) is 13.3 Å². The highest BCUT2D eigenvalue weighted by molar-refractivity contribution is 5.87. The summed E-state index contributed by atoms with van der Waals surface area (Å²) in [6, 6.07) is 15.9. The number of H-pyrrole nitrogens is 1. The van der Waals surface area contributed by atoms with Gasteiger partial charge >= 0.3 is 0 Å². The molecule has 0 aliphatic carbocycles. The monoisotopic (exact) mass is 237 g/mol. The lowest BCUT2D eigenvalue weighted by Crippen LogP contribution is -1.86. The molecule has 0 unspecified atom stereocenters. The lowest BCUT2D eigenvalue weighted by atomic mass is 10.0. The molecule has 1 heterocycles. The highest BCUT2D eigenvalue weighted by atomic mass is 16.3. The molecule has 0 aliphatic rings. The Morgan fingerprint density at radius 2 is 1.89 bits per heavy atom. The van der Waals surface area contributed by atoms with Crippen molar-refractivity contribution in [1.29, 1.82) is 0 Å². The number of phenolic OH excluding ortho intramolecular Hbond substituents is 1. The van der Waals surface area contributed by atoms with E-state index >= 15 is 0 Å². The van der Waals surface area contributed by atoms with Crippen molar-refractivity contribution < 1.29 is 5.11 Å². The second-order valence-electron chi connectivity index (χ2n) is 4.47. The molecule has 1 aromatic heterocycles. The maximum atomic E-state index is 9.50. The molecule has 0 atom stereocenters. The number of nitrogens with one attached hydrogen (secondary N) is 1. The standard InChI is InChI=1S/C16H15NO/c1-2-11-5-3-4-6-14(11)16-10-12-9-13(18)7-8-15(12)17-16/h3-10,17-18H,2H2,1H3. The minimum Gasteiger partial charge on any atom is -0.508 e. The van der Waals surface area contributed by atoms with Crippen LogP contribution in [0, 0.1) is 0 Å². The maximum absolute atomic E-state index is 9.50. The average molecular weight is 237 g/mol. The van der Waals surface area contributed by atoms with Crippen LogP contribution in [-0.4, -0.2) is 10.1 Å². The van der Waals surface area contributed by atoms with Crippen LogP contribution >= 0.6 is 0 Å². The van der Waals surface area contributed by atoms with E-state index in [1.165, 1.54) is 11.1 Å². The predicted molar refractivity (Wildman–Crippen MR) is 74.8 cm³/mol. The average Bonchev–Trinajstić information content (AvgIpc) is 2.81. The summed E-state index contributed by atoms with van der Waals surface area (Å²) >= 11 is 0. The van der Waals surface area contributed by atoms with Crippen LogP contribution in [0.5, 0.6) is 5.75 Å². The van der Waals surface area contributed by atoms with Crippen LogP contribution in [0.2, 0.25) is 0 Å². The van der Waals surface area contributed by atoms with Crippen molar-refractivity contribution in [3.63, 3.8) is 0 Å². The van der Waals surface area contributed by atoms with E-state index in [0.717, 1.165) is 23.0 Å². The van der Waals surface area contributed by atoms with Crippen LogP contribution in [0.15, 0.2) is 48.5 Å². The van der Waals surface area contributed by atoms with Crippen LogP contribution in [0.4, 0.5) is 0 Å². The van der Waals surface area contributed by atoms with Gasteiger partial charge in [0.2, 0.25) is 0 Å². The van der Waals surface area contributed by atoms with Crippen LogP contribution in [0.25, 0.3) is 22.2 Å². The van der Waals surface area contributed by atoms with Crippen LogP contribution in [0.1, 0.15) is 12.5 Å². The van der Waals surface area contributed by atoms with E-state index in [0.29, 0.717) is 5.75 Å². The quantitative estimate of drug-likeness (QED) is 0.691. The van der Waals surface area contributed by atoms with Crippen molar-refractivity contribution in [2.75, 3.05) is 0 Å². The summed E-state index contributed by atoms with van der Waals surface area (Å²) in [7, 11) is 0. The third-order valence-electron chi connectivity index (χ3n) is 3.29. The number of rotatable bonds is 2. The van der Waals surface area contributed by atoms with Crippen LogP contribution in [0.3, 0.4) is 0 Å². The minimum absolute atomic E-state index is 0.303. The zero-order valence-corrected chi connectivity index (χ0v) is 10.3. The van der Waals surface area contributed by atoms with E-state index in [9.17, 15) is 5.11 Å². The highest BCUT2D eigenvalue weighted by Gasteiger charge is 2.07. The second-order valence-corrected chi connectivity index (χ2v) is 4.47. The summed E-state index contributed by atoms with van der Waals surface area (Å²) in [6.07, 6.45) is 1.01. The first-order valence-electron chi connectivity index (χ1n) is 6.18. The molecule has 2 heteroatoms. The van der Waals surface area contributed by atoms with Gasteiger partial charge in [0, 0.05) is 22.2 Å². The van der Waals surface area contributed by atoms with Gasteiger partial charge in [-0.3, -0.25) is 0 Å². The first-order chi connectivity index (χ1) is 8.78. The fourth-order valence-corrected chi connectivity index (χ4v) is 2.36. The molecular weight excluding hydrogens is 222 g/mol. The zero-order valence-electron chi connectivity index (χ0n) is 10.3. The Kier molecular flexibility index (Phi) is 2.56. The molecule has 0 fully saturated rings. The molecule has 0 saturated carbocycles. The molecule has 0 saturated heterocycles. The summed E-state index contributed by atoms with van der Waals surface area (Å²) in [5, 5.41) is 10.5. The normalized spacial score (nSPS) is 10.9. The third kappa shape index (κ3) is 1.76. The van der Waals surface area contributed by atoms with Crippen molar-refractivity contribution in [2.24, 2.45) is 0 Å². The molecule has 2 N–H and O–H groups in total. The van der Waals surface area contributed by atoms with Crippen molar-refractivity contribution in [1.82, 2.24) is 4.98 Å². The Balaban J connectivity index is 2.19. The van der Waals surface area contributed by atoms with Gasteiger partial charge in [-0.05, 0) is 36.2 Å². The van der Waals surface area contributed by atoms with Crippen LogP contribution < -0.4 is 0 Å². The molecule has 0 bridgehead atoms. The summed E-state index contributed by atoms with van der Waals surface area (Å²) in [5.41, 5.74) is 4.71. The van der Waals surface area contributed by atoms with E-state index in [1.54, 1.807) is 12.1 Å². The molecule has 0 aliphatic heterocycles. The molecule has 90 valence electrons. The smallest absolute Gasteiger partial charge is 0.116 e. The van der Waals surface area contributed by atoms with Gasteiger partial charge in [-0.2, -0.15) is 0 Å². The van der Waals surface area contributed by atoms with Crippen LogP contribution in [-0.2, 0) is 6.42 Å². The number of aromatic amines is 1. The van der Waals surface area contributed by atoms with Crippen molar-refractivity contribution >= 4 is 10.9 Å². The number of aryl methyl sites for hydroxylation is 1. The van der Waals surface area contributed by atoms with Gasteiger partial charge in [0.15, 0.2) is 0 Å². The number of aromatic hydroxyl groups is 1. The molecule has 3 rings (SSSR count). The first-order valence-corrected chi connectivity index (χ1v) is 6.18. The van der Waals surface area contributed by atoms with Crippen molar-refractivity contribution in [3.8, 4) is 17.0 Å². The topological polar surface area (TPSA) is 36.0 Å². The lowest BCUT2D eigenvalue weighted by molar-refractivity contribution is 0.476. The van der Waals surface area contributed by atoms with E-state index in [1.807, 2.05) is 6.07 Å². The van der Waals surface area contributed by atoms with E-state index in [-0.39, 0.29) is 0 Å². The Morgan fingerprint density at radius 1 is 1.06 bits per heavy atom. The Bertz CT molecular complexity index is 697. The molecule has 0 amide bonds. The summed E-state index contributed by atoms with van der Waals surface area (Å²) < 4.78 is 0. The fraction of sp³-hybridized carbons (Fsp3) is 0.125. The van der Waals surface area contributed by atoms with Gasteiger partial charge in [0.05, 0.1) is 0 Å². The fourth-order valence-electron chi connectivity index (χ4n) is 2.36. The van der Waals surface area contributed by atoms with E-state index < -0.39 is 0 Å². The maximum Gasteiger partial charge on any atom is 0.116 e. The van der Waals surface area contributed by atoms with Gasteiger partial charge in [0.1, 0.15) is 5.75 Å². The van der Waals surface area contributed by atoms with Gasteiger partial charge < -0.3 is 10.1 Å². The molecule has 18 heavy (non-hydrogen) atoms. The van der Waals surface area contributed by atoms with E-state index in [4.69, 9.17) is 0 Å². The number of benzene rings is 2. The minimum atomic E-state index is 0.303. The molecule has 2 aromatic carbocycles. The molecule has 3 aromatic rings. The van der Waals surface area contributed by atoms with Gasteiger partial charge in [-0.25, -0.2) is 0 Å². The first kappa shape index (κ1) is 10.9. The SMILES string of the molecule is CCc1ccccc1-c1cc2cc(O)ccc2[nH]1. The van der Waals surface area contributed by atoms with Crippen molar-refractivity contribution in [3.05, 3.63) is 54.1 Å². The molecular formula is C16H15NO. The number of aromatic nitrogens is 1. The van der Waals surface area contributed by atoms with Gasteiger partial charge in [0.25, 0.3) is 0 Å². The highest BCUT2D eigenvalue weighted by Crippen LogP contribution is 2.28. The largest absolute Gasteiger partial charge is 0.508 e. The number of fused-ring (bicyclic) bond motifs is 1. The summed E-state index contributed by atoms with van der Waals surface area (Å²) in [5.74, 6) is 0.303. The Labute approximate surface area is 106 Å². The number of phenols is 1. The molecule has 2 nitrogen and oxygen atoms in total. The number of hydrogen-bond acceptors (Lipinski definition) is 1. The van der Waals surface area contributed by atoms with E-state index in [2.05, 4.69) is 42.2 Å². The Morgan fingerprint density at radius 3 is 2.72 bits per heavy atom. The zero-order chi connectivity index (χ0) is 12.5. The summed E-state index contributed by atoms with van der Waals surface area (Å²) in [4.78, 5) is 3.40. The van der Waals surface area contributed by atoms with Gasteiger partial charge in [-0.15, -0.1) is 0 Å². The summed E-state index contributed by atoms with van der Waals surface area (Å²) in [6.45, 7) is 2.16. The third-order valence-corrected chi connectivity index (χ3v) is 3.29. The predicted octanol–water partition coefficient (Wildman–Crippen LogP) is 4.10. The molecule has 0 spiro atoms. The Hall–Kier alpha value is -2.22.